The van der Waals surface area contributed by atoms with Gasteiger partial charge in [-0.2, -0.15) is 26.3 Å². The van der Waals surface area contributed by atoms with E-state index in [-0.39, 0.29) is 11.1 Å². The van der Waals surface area contributed by atoms with Crippen LogP contribution in [0.4, 0.5) is 26.3 Å². The fourth-order valence-electron chi connectivity index (χ4n) is 3.15. The van der Waals surface area contributed by atoms with Gasteiger partial charge in [0.05, 0.1) is 0 Å². The second-order valence-electron chi connectivity index (χ2n) is 6.22. The van der Waals surface area contributed by atoms with E-state index in [4.69, 9.17) is 0 Å². The van der Waals surface area contributed by atoms with Gasteiger partial charge in [0.1, 0.15) is 0 Å². The summed E-state index contributed by atoms with van der Waals surface area (Å²) in [7, 11) is 0. The summed E-state index contributed by atoms with van der Waals surface area (Å²) in [5.74, 6) is 0. The minimum Gasteiger partial charge on any atom is -0.169 e. The third-order valence-electron chi connectivity index (χ3n) is 4.40. The van der Waals surface area contributed by atoms with Crippen molar-refractivity contribution in [1.29, 1.82) is 0 Å². The van der Waals surface area contributed by atoms with Crippen LogP contribution in [-0.4, -0.2) is 12.4 Å². The zero-order valence-corrected chi connectivity index (χ0v) is 18.5. The van der Waals surface area contributed by atoms with Gasteiger partial charge < -0.3 is 0 Å². The van der Waals surface area contributed by atoms with Gasteiger partial charge in [0.2, 0.25) is 5.41 Å². The molecule has 0 saturated carbocycles. The van der Waals surface area contributed by atoms with Crippen LogP contribution in [0.25, 0.3) is 12.2 Å². The van der Waals surface area contributed by atoms with Crippen LogP contribution in [0.3, 0.4) is 0 Å². The van der Waals surface area contributed by atoms with E-state index in [1.165, 1.54) is 36.4 Å². The first-order chi connectivity index (χ1) is 13.4. The minimum atomic E-state index is -5.63. The first kappa shape index (κ1) is 23.7. The standard InChI is InChI=1S/C21H16Br2F6/c1-3-5-13-11-15(7-9-17(13)22)19(20(24,25)26,21(27,28)29)16-8-10-18(23)14(12-16)6-4-2/h3-12H,1-2H3. The van der Waals surface area contributed by atoms with E-state index in [2.05, 4.69) is 31.9 Å². The molecular weight excluding hydrogens is 526 g/mol. The molecule has 0 N–H and O–H groups in total. The molecule has 0 atom stereocenters. The molecule has 2 rings (SSSR count). The van der Waals surface area contributed by atoms with Crippen LogP contribution >= 0.6 is 31.9 Å². The maximum Gasteiger partial charge on any atom is 0.411 e. The van der Waals surface area contributed by atoms with Crippen LogP contribution in [0.1, 0.15) is 36.1 Å². The summed E-state index contributed by atoms with van der Waals surface area (Å²) in [5.41, 5.74) is -5.55. The van der Waals surface area contributed by atoms with Crippen molar-refractivity contribution in [2.75, 3.05) is 0 Å². The Bertz CT molecular complexity index is 862. The summed E-state index contributed by atoms with van der Waals surface area (Å²) in [4.78, 5) is 0. The summed E-state index contributed by atoms with van der Waals surface area (Å²) in [6.07, 6.45) is -5.30. The van der Waals surface area contributed by atoms with Crippen molar-refractivity contribution >= 4 is 44.0 Å². The lowest BCUT2D eigenvalue weighted by atomic mass is 9.72. The van der Waals surface area contributed by atoms with E-state index in [0.29, 0.717) is 8.95 Å². The second-order valence-corrected chi connectivity index (χ2v) is 7.93. The minimum absolute atomic E-state index is 0.216. The maximum absolute atomic E-state index is 14.3. The maximum atomic E-state index is 14.3. The van der Waals surface area contributed by atoms with Crippen molar-refractivity contribution in [2.24, 2.45) is 0 Å². The Kier molecular flexibility index (Phi) is 7.10. The van der Waals surface area contributed by atoms with Gasteiger partial charge in [-0.15, -0.1) is 0 Å². The largest absolute Gasteiger partial charge is 0.411 e. The van der Waals surface area contributed by atoms with Gasteiger partial charge in [0.25, 0.3) is 0 Å². The molecule has 29 heavy (non-hydrogen) atoms. The molecule has 0 aliphatic rings. The number of benzene rings is 2. The molecule has 0 aliphatic carbocycles. The molecule has 0 bridgehead atoms. The first-order valence-corrected chi connectivity index (χ1v) is 9.97. The lowest BCUT2D eigenvalue weighted by Crippen LogP contribution is -2.54. The summed E-state index contributed by atoms with van der Waals surface area (Å²) in [6.45, 7) is 3.25. The van der Waals surface area contributed by atoms with E-state index in [1.54, 1.807) is 13.8 Å². The van der Waals surface area contributed by atoms with Gasteiger partial charge in [0.15, 0.2) is 0 Å². The second kappa shape index (κ2) is 8.68. The van der Waals surface area contributed by atoms with Crippen LogP contribution < -0.4 is 0 Å². The number of rotatable bonds is 4. The van der Waals surface area contributed by atoms with E-state index in [9.17, 15) is 26.3 Å². The summed E-state index contributed by atoms with van der Waals surface area (Å²) in [5, 5.41) is 0. The van der Waals surface area contributed by atoms with Crippen LogP contribution in [-0.2, 0) is 5.41 Å². The van der Waals surface area contributed by atoms with Crippen LogP contribution in [0.15, 0.2) is 57.5 Å². The molecule has 8 heteroatoms. The third kappa shape index (κ3) is 4.33. The van der Waals surface area contributed by atoms with Crippen molar-refractivity contribution in [1.82, 2.24) is 0 Å². The van der Waals surface area contributed by atoms with Crippen LogP contribution in [0.5, 0.6) is 0 Å². The molecule has 2 aromatic rings. The topological polar surface area (TPSA) is 0 Å². The molecule has 2 aromatic carbocycles. The van der Waals surface area contributed by atoms with Crippen molar-refractivity contribution in [3.63, 3.8) is 0 Å². The molecular formula is C21H16Br2F6. The third-order valence-corrected chi connectivity index (χ3v) is 5.85. The smallest absolute Gasteiger partial charge is 0.169 e. The van der Waals surface area contributed by atoms with Gasteiger partial charge in [-0.25, -0.2) is 0 Å². The monoisotopic (exact) mass is 540 g/mol. The predicted molar refractivity (Wildman–Crippen MR) is 111 cm³/mol. The Morgan fingerprint density at radius 1 is 0.655 bits per heavy atom. The average molecular weight is 542 g/mol. The normalized spacial score (nSPS) is 13.6. The molecule has 0 radical (unpaired) electrons. The fourth-order valence-corrected chi connectivity index (χ4v) is 3.91. The van der Waals surface area contributed by atoms with Gasteiger partial charge in [-0.3, -0.25) is 0 Å². The highest BCUT2D eigenvalue weighted by Gasteiger charge is 2.72. The fraction of sp³-hybridized carbons (Fsp3) is 0.238. The van der Waals surface area contributed by atoms with E-state index >= 15 is 0 Å². The molecule has 0 heterocycles. The van der Waals surface area contributed by atoms with Gasteiger partial charge in [-0.05, 0) is 60.4 Å². The average Bonchev–Trinajstić information content (AvgIpc) is 2.59. The van der Waals surface area contributed by atoms with Crippen LogP contribution in [0, 0.1) is 0 Å². The van der Waals surface area contributed by atoms with E-state index in [0.717, 1.165) is 24.3 Å². The predicted octanol–water partition coefficient (Wildman–Crippen LogP) is 8.69. The Balaban J connectivity index is 3.00. The molecule has 0 spiro atoms. The molecule has 0 saturated heterocycles. The number of allylic oxidation sites excluding steroid dienone is 2. The quantitative estimate of drug-likeness (QED) is 0.340. The highest BCUT2D eigenvalue weighted by molar-refractivity contribution is 9.10. The summed E-state index contributed by atoms with van der Waals surface area (Å²) in [6, 6.07) is 5.95. The summed E-state index contributed by atoms with van der Waals surface area (Å²) < 4.78 is 86.6. The Hall–Kier alpha value is -1.54. The lowest BCUT2D eigenvalue weighted by Gasteiger charge is -2.38. The highest BCUT2D eigenvalue weighted by atomic mass is 79.9. The Labute approximate surface area is 181 Å². The Morgan fingerprint density at radius 2 is 1.00 bits per heavy atom. The zero-order valence-electron chi connectivity index (χ0n) is 15.3. The zero-order chi connectivity index (χ0) is 22.0. The van der Waals surface area contributed by atoms with Gasteiger partial charge in [-0.1, -0.05) is 68.3 Å². The van der Waals surface area contributed by atoms with E-state index in [1.807, 2.05) is 0 Å². The number of hydrogen-bond acceptors (Lipinski definition) is 0. The van der Waals surface area contributed by atoms with Crippen LogP contribution in [0.2, 0.25) is 0 Å². The molecule has 156 valence electrons. The number of halogens is 8. The lowest BCUT2D eigenvalue weighted by molar-refractivity contribution is -0.288. The molecule has 0 nitrogen and oxygen atoms in total. The number of alkyl halides is 6. The summed E-state index contributed by atoms with van der Waals surface area (Å²) >= 11 is 6.34. The van der Waals surface area contributed by atoms with E-state index < -0.39 is 28.9 Å². The SMILES string of the molecule is CC=Cc1cc(C(c2ccc(Br)c(C=CC)c2)(C(F)(F)F)C(F)(F)F)ccc1Br. The molecule has 0 aromatic heterocycles. The Morgan fingerprint density at radius 3 is 1.28 bits per heavy atom. The van der Waals surface area contributed by atoms with Gasteiger partial charge in [0, 0.05) is 8.95 Å². The van der Waals surface area contributed by atoms with Crippen molar-refractivity contribution in [2.45, 2.75) is 31.6 Å². The highest BCUT2D eigenvalue weighted by Crippen LogP contribution is 2.56. The molecule has 0 fully saturated rings. The van der Waals surface area contributed by atoms with Crippen molar-refractivity contribution < 1.29 is 26.3 Å². The van der Waals surface area contributed by atoms with Crippen molar-refractivity contribution in [3.8, 4) is 0 Å². The molecule has 0 aliphatic heterocycles. The van der Waals surface area contributed by atoms with Gasteiger partial charge >= 0.3 is 12.4 Å². The number of hydrogen-bond donors (Lipinski definition) is 0. The molecule has 0 amide bonds. The molecule has 0 unspecified atom stereocenters. The van der Waals surface area contributed by atoms with Crippen molar-refractivity contribution in [3.05, 3.63) is 79.7 Å². The first-order valence-electron chi connectivity index (χ1n) is 8.39.